The van der Waals surface area contributed by atoms with Gasteiger partial charge in [-0.15, -0.1) is 0 Å². The van der Waals surface area contributed by atoms with E-state index in [1.165, 1.54) is 18.9 Å². The maximum atomic E-state index is 12.2. The molecule has 1 saturated carbocycles. The van der Waals surface area contributed by atoms with E-state index in [4.69, 9.17) is 4.42 Å². The van der Waals surface area contributed by atoms with Gasteiger partial charge < -0.3 is 14.6 Å². The number of furan rings is 1. The maximum Gasteiger partial charge on any atom is 0.273 e. The van der Waals surface area contributed by atoms with Crippen molar-refractivity contribution in [3.8, 4) is 0 Å². The summed E-state index contributed by atoms with van der Waals surface area (Å²) in [5.74, 6) is 1.05. The minimum Gasteiger partial charge on any atom is -0.447 e. The molecular weight excluding hydrogens is 290 g/mol. The molecule has 0 bridgehead atoms. The van der Waals surface area contributed by atoms with Gasteiger partial charge >= 0.3 is 0 Å². The molecule has 1 atom stereocenters. The standard InChI is InChI=1S/C14H23N3O3S/c1-17-7-6-11(10-17)8-16-21(18,19)14-5-4-13(20-14)9-15-12-2-3-12/h4-5,11-12,15-16H,2-3,6-10H2,1H3. The number of sulfonamides is 1. The Bertz CT molecular complexity index is 580. The molecule has 0 aromatic carbocycles. The monoisotopic (exact) mass is 313 g/mol. The molecule has 0 radical (unpaired) electrons. The molecule has 2 fully saturated rings. The summed E-state index contributed by atoms with van der Waals surface area (Å²) in [6, 6.07) is 3.84. The van der Waals surface area contributed by atoms with Crippen molar-refractivity contribution in [3.63, 3.8) is 0 Å². The van der Waals surface area contributed by atoms with Crippen LogP contribution in [0, 0.1) is 5.92 Å². The van der Waals surface area contributed by atoms with E-state index in [9.17, 15) is 8.42 Å². The van der Waals surface area contributed by atoms with Gasteiger partial charge in [-0.05, 0) is 50.9 Å². The van der Waals surface area contributed by atoms with Crippen LogP contribution in [0.4, 0.5) is 0 Å². The molecule has 1 unspecified atom stereocenters. The zero-order chi connectivity index (χ0) is 14.9. The number of nitrogens with one attached hydrogen (secondary N) is 2. The highest BCUT2D eigenvalue weighted by atomic mass is 32.2. The van der Waals surface area contributed by atoms with Crippen LogP contribution in [0.25, 0.3) is 0 Å². The van der Waals surface area contributed by atoms with E-state index in [0.29, 0.717) is 30.8 Å². The molecule has 0 amide bonds. The van der Waals surface area contributed by atoms with E-state index in [1.54, 1.807) is 6.07 Å². The molecule has 0 spiro atoms. The van der Waals surface area contributed by atoms with E-state index in [0.717, 1.165) is 19.5 Å². The largest absolute Gasteiger partial charge is 0.447 e. The smallest absolute Gasteiger partial charge is 0.273 e. The molecule has 2 N–H and O–H groups in total. The highest BCUT2D eigenvalue weighted by molar-refractivity contribution is 7.89. The van der Waals surface area contributed by atoms with Crippen LogP contribution < -0.4 is 10.0 Å². The third-order valence-corrected chi connectivity index (χ3v) is 5.39. The SMILES string of the molecule is CN1CCC(CNS(=O)(=O)c2ccc(CNC3CC3)o2)C1. The first-order chi connectivity index (χ1) is 10.0. The van der Waals surface area contributed by atoms with Gasteiger partial charge in [0.25, 0.3) is 10.0 Å². The fraction of sp³-hybridized carbons (Fsp3) is 0.714. The summed E-state index contributed by atoms with van der Waals surface area (Å²) >= 11 is 0. The lowest BCUT2D eigenvalue weighted by molar-refractivity contribution is 0.388. The first-order valence-corrected chi connectivity index (χ1v) is 9.01. The minimum atomic E-state index is -3.53. The van der Waals surface area contributed by atoms with Crippen molar-refractivity contribution >= 4 is 10.0 Å². The van der Waals surface area contributed by atoms with Crippen molar-refractivity contribution < 1.29 is 12.8 Å². The maximum absolute atomic E-state index is 12.2. The highest BCUT2D eigenvalue weighted by Gasteiger charge is 2.25. The van der Waals surface area contributed by atoms with Crippen molar-refractivity contribution in [3.05, 3.63) is 17.9 Å². The lowest BCUT2D eigenvalue weighted by Gasteiger charge is -2.11. The van der Waals surface area contributed by atoms with E-state index >= 15 is 0 Å². The first kappa shape index (κ1) is 15.0. The number of nitrogens with zero attached hydrogens (tertiary/aromatic N) is 1. The van der Waals surface area contributed by atoms with E-state index < -0.39 is 10.0 Å². The topological polar surface area (TPSA) is 74.6 Å². The van der Waals surface area contributed by atoms with Gasteiger partial charge in [0.2, 0.25) is 5.09 Å². The minimum absolute atomic E-state index is 0.0152. The molecule has 6 nitrogen and oxygen atoms in total. The Kier molecular flexibility index (Phi) is 4.35. The van der Waals surface area contributed by atoms with Crippen molar-refractivity contribution in [1.82, 2.24) is 14.9 Å². The van der Waals surface area contributed by atoms with Crippen LogP contribution in [0.2, 0.25) is 0 Å². The molecule has 1 aromatic rings. The summed E-state index contributed by atoms with van der Waals surface area (Å²) in [5, 5.41) is 3.32. The summed E-state index contributed by atoms with van der Waals surface area (Å²) in [4.78, 5) is 2.22. The molecule has 1 saturated heterocycles. The predicted octanol–water partition coefficient (Wildman–Crippen LogP) is 0.762. The van der Waals surface area contributed by atoms with Crippen LogP contribution in [0.5, 0.6) is 0 Å². The number of hydrogen-bond donors (Lipinski definition) is 2. The second-order valence-corrected chi connectivity index (χ2v) is 7.84. The molecule has 118 valence electrons. The normalized spacial score (nSPS) is 23.8. The quantitative estimate of drug-likeness (QED) is 0.777. The number of hydrogen-bond acceptors (Lipinski definition) is 5. The van der Waals surface area contributed by atoms with Gasteiger partial charge in [0, 0.05) is 19.1 Å². The van der Waals surface area contributed by atoms with Gasteiger partial charge in [-0.1, -0.05) is 0 Å². The van der Waals surface area contributed by atoms with Crippen molar-refractivity contribution in [2.24, 2.45) is 5.92 Å². The molecule has 1 aromatic heterocycles. The molecule has 1 aliphatic carbocycles. The lowest BCUT2D eigenvalue weighted by Crippen LogP contribution is -2.30. The zero-order valence-electron chi connectivity index (χ0n) is 12.3. The Labute approximate surface area is 125 Å². The molecule has 21 heavy (non-hydrogen) atoms. The fourth-order valence-corrected chi connectivity index (χ4v) is 3.68. The molecule has 2 heterocycles. The summed E-state index contributed by atoms with van der Waals surface area (Å²) in [7, 11) is -1.47. The van der Waals surface area contributed by atoms with Gasteiger partial charge in [-0.2, -0.15) is 0 Å². The van der Waals surface area contributed by atoms with Gasteiger partial charge in [0.1, 0.15) is 5.76 Å². The summed E-state index contributed by atoms with van der Waals surface area (Å²) in [6.45, 7) is 3.04. The average Bonchev–Trinajstić information content (AvgIpc) is 2.97. The lowest BCUT2D eigenvalue weighted by atomic mass is 10.1. The first-order valence-electron chi connectivity index (χ1n) is 7.53. The Morgan fingerprint density at radius 1 is 1.33 bits per heavy atom. The van der Waals surface area contributed by atoms with Gasteiger partial charge in [0.05, 0.1) is 6.54 Å². The Balaban J connectivity index is 1.53. The Morgan fingerprint density at radius 3 is 2.81 bits per heavy atom. The summed E-state index contributed by atoms with van der Waals surface area (Å²) in [5.41, 5.74) is 0. The van der Waals surface area contributed by atoms with Gasteiger partial charge in [-0.3, -0.25) is 0 Å². The van der Waals surface area contributed by atoms with Gasteiger partial charge in [-0.25, -0.2) is 13.1 Å². The molecule has 3 rings (SSSR count). The van der Waals surface area contributed by atoms with Crippen LogP contribution in [-0.4, -0.2) is 46.0 Å². The van der Waals surface area contributed by atoms with Crippen LogP contribution in [0.1, 0.15) is 25.0 Å². The molecule has 2 aliphatic rings. The average molecular weight is 313 g/mol. The number of rotatable bonds is 7. The second-order valence-electron chi connectivity index (χ2n) is 6.14. The van der Waals surface area contributed by atoms with E-state index in [-0.39, 0.29) is 5.09 Å². The highest BCUT2D eigenvalue weighted by Crippen LogP contribution is 2.21. The Morgan fingerprint density at radius 2 is 2.14 bits per heavy atom. The van der Waals surface area contributed by atoms with Crippen LogP contribution in [0.3, 0.4) is 0 Å². The number of likely N-dealkylation sites (tertiary alicyclic amines) is 1. The zero-order valence-corrected chi connectivity index (χ0v) is 13.2. The molecule has 1 aliphatic heterocycles. The van der Waals surface area contributed by atoms with Crippen molar-refractivity contribution in [1.29, 1.82) is 0 Å². The Hall–Kier alpha value is -0.890. The summed E-state index contributed by atoms with van der Waals surface area (Å²) in [6.07, 6.45) is 3.43. The van der Waals surface area contributed by atoms with E-state index in [2.05, 4.69) is 22.0 Å². The van der Waals surface area contributed by atoms with E-state index in [1.807, 2.05) is 0 Å². The fourth-order valence-electron chi connectivity index (χ4n) is 2.62. The van der Waals surface area contributed by atoms with Crippen LogP contribution in [0.15, 0.2) is 21.6 Å². The third-order valence-electron chi connectivity index (χ3n) is 4.10. The van der Waals surface area contributed by atoms with Gasteiger partial charge in [0.15, 0.2) is 0 Å². The predicted molar refractivity (Wildman–Crippen MR) is 79.4 cm³/mol. The molecular formula is C14H23N3O3S. The summed E-state index contributed by atoms with van der Waals surface area (Å²) < 4.78 is 32.5. The second kappa shape index (κ2) is 6.08. The van der Waals surface area contributed by atoms with Crippen LogP contribution >= 0.6 is 0 Å². The molecule has 7 heteroatoms. The van der Waals surface area contributed by atoms with Crippen molar-refractivity contribution in [2.45, 2.75) is 36.9 Å². The van der Waals surface area contributed by atoms with Crippen LogP contribution in [-0.2, 0) is 16.6 Å². The van der Waals surface area contributed by atoms with Crippen molar-refractivity contribution in [2.75, 3.05) is 26.7 Å². The third kappa shape index (κ3) is 4.06.